The number of hydrogen-bond acceptors (Lipinski definition) is 4. The number of hydrazine groups is 1. The Balaban J connectivity index is 2.17. The van der Waals surface area contributed by atoms with E-state index in [4.69, 9.17) is 5.84 Å². The molecule has 2 aromatic rings. The zero-order chi connectivity index (χ0) is 13.1. The second kappa shape index (κ2) is 5.32. The van der Waals surface area contributed by atoms with Crippen molar-refractivity contribution in [2.75, 3.05) is 0 Å². The molecule has 6 nitrogen and oxygen atoms in total. The molecule has 0 bridgehead atoms. The van der Waals surface area contributed by atoms with E-state index in [1.54, 1.807) is 6.33 Å². The lowest BCUT2D eigenvalue weighted by Gasteiger charge is -2.13. The van der Waals surface area contributed by atoms with Crippen LogP contribution >= 0.6 is 0 Å². The number of nitrogens with zero attached hydrogens (tertiary/aromatic N) is 4. The highest BCUT2D eigenvalue weighted by Crippen LogP contribution is 2.16. The number of aryl methyl sites for hydroxylation is 3. The molecule has 0 spiro atoms. The SMILES string of the molecule is CCc1cc(CC(NN)c2cn(C)cn2)n(C)n1. The molecular weight excluding hydrogens is 228 g/mol. The second-order valence-electron chi connectivity index (χ2n) is 4.49. The largest absolute Gasteiger partial charge is 0.340 e. The van der Waals surface area contributed by atoms with Crippen LogP contribution in [0.3, 0.4) is 0 Å². The molecule has 0 aliphatic heterocycles. The lowest BCUT2D eigenvalue weighted by molar-refractivity contribution is 0.520. The lowest BCUT2D eigenvalue weighted by Crippen LogP contribution is -2.30. The van der Waals surface area contributed by atoms with Crippen LogP contribution in [0.5, 0.6) is 0 Å². The molecule has 1 atom stereocenters. The smallest absolute Gasteiger partial charge is 0.0947 e. The Morgan fingerprint density at radius 3 is 2.72 bits per heavy atom. The van der Waals surface area contributed by atoms with Crippen molar-refractivity contribution >= 4 is 0 Å². The first-order valence-electron chi connectivity index (χ1n) is 6.09. The summed E-state index contributed by atoms with van der Waals surface area (Å²) in [5.41, 5.74) is 6.02. The summed E-state index contributed by atoms with van der Waals surface area (Å²) in [4.78, 5) is 4.33. The summed E-state index contributed by atoms with van der Waals surface area (Å²) in [5, 5.41) is 4.44. The summed E-state index contributed by atoms with van der Waals surface area (Å²) in [5.74, 6) is 5.62. The van der Waals surface area contributed by atoms with Gasteiger partial charge in [-0.25, -0.2) is 4.98 Å². The van der Waals surface area contributed by atoms with Crippen LogP contribution in [-0.2, 0) is 26.9 Å². The van der Waals surface area contributed by atoms with Crippen LogP contribution in [0, 0.1) is 0 Å². The normalized spacial score (nSPS) is 12.9. The van der Waals surface area contributed by atoms with Crippen LogP contribution in [0.1, 0.15) is 30.0 Å². The zero-order valence-corrected chi connectivity index (χ0v) is 11.1. The van der Waals surface area contributed by atoms with Gasteiger partial charge in [0.05, 0.1) is 23.8 Å². The molecule has 0 aliphatic carbocycles. The van der Waals surface area contributed by atoms with Gasteiger partial charge in [0.25, 0.3) is 0 Å². The summed E-state index contributed by atoms with van der Waals surface area (Å²) in [7, 11) is 3.91. The Kier molecular flexibility index (Phi) is 3.78. The van der Waals surface area contributed by atoms with E-state index in [1.165, 1.54) is 0 Å². The Bertz CT molecular complexity index is 512. The van der Waals surface area contributed by atoms with Crippen molar-refractivity contribution in [1.82, 2.24) is 24.8 Å². The Morgan fingerprint density at radius 1 is 1.44 bits per heavy atom. The molecule has 98 valence electrons. The molecule has 0 aliphatic rings. The molecule has 1 unspecified atom stereocenters. The van der Waals surface area contributed by atoms with Gasteiger partial charge in [0.2, 0.25) is 0 Å². The molecule has 0 saturated heterocycles. The predicted molar refractivity (Wildman–Crippen MR) is 69.6 cm³/mol. The quantitative estimate of drug-likeness (QED) is 0.595. The topological polar surface area (TPSA) is 73.7 Å². The third kappa shape index (κ3) is 2.60. The molecular formula is C12H20N6. The van der Waals surface area contributed by atoms with Crippen molar-refractivity contribution in [3.8, 4) is 0 Å². The molecule has 3 N–H and O–H groups in total. The third-order valence-electron chi connectivity index (χ3n) is 3.09. The summed E-state index contributed by atoms with van der Waals surface area (Å²) in [6.07, 6.45) is 5.47. The molecule has 0 aromatic carbocycles. The van der Waals surface area contributed by atoms with E-state index in [0.717, 1.165) is 29.9 Å². The highest BCUT2D eigenvalue weighted by Gasteiger charge is 2.15. The first kappa shape index (κ1) is 12.8. The van der Waals surface area contributed by atoms with Crippen LogP contribution in [0.4, 0.5) is 0 Å². The summed E-state index contributed by atoms with van der Waals surface area (Å²) >= 11 is 0. The molecule has 6 heteroatoms. The van der Waals surface area contributed by atoms with E-state index in [0.29, 0.717) is 0 Å². The second-order valence-corrected chi connectivity index (χ2v) is 4.49. The number of rotatable bonds is 5. The van der Waals surface area contributed by atoms with Crippen molar-refractivity contribution in [3.63, 3.8) is 0 Å². The van der Waals surface area contributed by atoms with E-state index in [9.17, 15) is 0 Å². The molecule has 2 aromatic heterocycles. The fourth-order valence-corrected chi connectivity index (χ4v) is 2.01. The predicted octanol–water partition coefficient (Wildman–Crippen LogP) is 0.463. The van der Waals surface area contributed by atoms with Gasteiger partial charge in [0.1, 0.15) is 0 Å². The third-order valence-corrected chi connectivity index (χ3v) is 3.09. The van der Waals surface area contributed by atoms with Crippen molar-refractivity contribution in [3.05, 3.63) is 35.7 Å². The first-order valence-corrected chi connectivity index (χ1v) is 6.09. The highest BCUT2D eigenvalue weighted by molar-refractivity contribution is 5.15. The number of nitrogens with two attached hydrogens (primary N) is 1. The zero-order valence-electron chi connectivity index (χ0n) is 11.1. The van der Waals surface area contributed by atoms with Gasteiger partial charge in [-0.05, 0) is 12.5 Å². The Labute approximate surface area is 107 Å². The van der Waals surface area contributed by atoms with Gasteiger partial charge >= 0.3 is 0 Å². The van der Waals surface area contributed by atoms with Crippen LogP contribution in [0.2, 0.25) is 0 Å². The van der Waals surface area contributed by atoms with E-state index in [2.05, 4.69) is 28.5 Å². The molecule has 0 radical (unpaired) electrons. The number of imidazole rings is 1. The van der Waals surface area contributed by atoms with Crippen LogP contribution in [-0.4, -0.2) is 19.3 Å². The Morgan fingerprint density at radius 2 is 2.22 bits per heavy atom. The molecule has 18 heavy (non-hydrogen) atoms. The monoisotopic (exact) mass is 248 g/mol. The van der Waals surface area contributed by atoms with Crippen LogP contribution < -0.4 is 11.3 Å². The standard InChI is InChI=1S/C12H20N6/c1-4-9-5-10(18(3)16-9)6-11(15-13)12-7-17(2)8-14-12/h5,7-8,11,15H,4,6,13H2,1-3H3. The number of nitrogens with one attached hydrogen (secondary N) is 1. The fourth-order valence-electron chi connectivity index (χ4n) is 2.01. The van der Waals surface area contributed by atoms with Crippen molar-refractivity contribution in [2.45, 2.75) is 25.8 Å². The van der Waals surface area contributed by atoms with Gasteiger partial charge in [-0.15, -0.1) is 0 Å². The minimum atomic E-state index is 0.00584. The average molecular weight is 248 g/mol. The average Bonchev–Trinajstić information content (AvgIpc) is 2.93. The minimum absolute atomic E-state index is 0.00584. The van der Waals surface area contributed by atoms with Crippen molar-refractivity contribution < 1.29 is 0 Å². The summed E-state index contributed by atoms with van der Waals surface area (Å²) in [6.45, 7) is 2.10. The first-order chi connectivity index (χ1) is 8.63. The fraction of sp³-hybridized carbons (Fsp3) is 0.500. The molecule has 0 amide bonds. The van der Waals surface area contributed by atoms with Gasteiger partial charge in [-0.2, -0.15) is 5.10 Å². The van der Waals surface area contributed by atoms with Gasteiger partial charge in [-0.3, -0.25) is 16.0 Å². The van der Waals surface area contributed by atoms with E-state index < -0.39 is 0 Å². The van der Waals surface area contributed by atoms with E-state index in [-0.39, 0.29) is 6.04 Å². The van der Waals surface area contributed by atoms with E-state index in [1.807, 2.05) is 29.5 Å². The van der Waals surface area contributed by atoms with Crippen molar-refractivity contribution in [2.24, 2.45) is 19.9 Å². The number of aromatic nitrogens is 4. The summed E-state index contributed by atoms with van der Waals surface area (Å²) < 4.78 is 3.83. The van der Waals surface area contributed by atoms with Crippen molar-refractivity contribution in [1.29, 1.82) is 0 Å². The maximum Gasteiger partial charge on any atom is 0.0947 e. The molecule has 2 heterocycles. The van der Waals surface area contributed by atoms with Gasteiger partial charge in [0.15, 0.2) is 0 Å². The highest BCUT2D eigenvalue weighted by atomic mass is 15.3. The van der Waals surface area contributed by atoms with Gasteiger partial charge < -0.3 is 4.57 Å². The molecule has 0 fully saturated rings. The van der Waals surface area contributed by atoms with Crippen LogP contribution in [0.15, 0.2) is 18.6 Å². The van der Waals surface area contributed by atoms with Crippen LogP contribution in [0.25, 0.3) is 0 Å². The maximum absolute atomic E-state index is 5.62. The van der Waals surface area contributed by atoms with Gasteiger partial charge in [-0.1, -0.05) is 6.92 Å². The lowest BCUT2D eigenvalue weighted by atomic mass is 10.1. The van der Waals surface area contributed by atoms with E-state index >= 15 is 0 Å². The summed E-state index contributed by atoms with van der Waals surface area (Å²) in [6, 6.07) is 2.12. The van der Waals surface area contributed by atoms with Gasteiger partial charge in [0, 0.05) is 32.4 Å². The minimum Gasteiger partial charge on any atom is -0.340 e. The maximum atomic E-state index is 5.62. The molecule has 0 saturated carbocycles. The molecule has 2 rings (SSSR count). The number of hydrogen-bond donors (Lipinski definition) is 2. The Hall–Kier alpha value is -1.66.